The van der Waals surface area contributed by atoms with Crippen molar-refractivity contribution in [2.24, 2.45) is 11.3 Å². The number of benzene rings is 1. The molecule has 1 aromatic carbocycles. The van der Waals surface area contributed by atoms with Crippen molar-refractivity contribution in [1.29, 1.82) is 0 Å². The number of nitrogens with zero attached hydrogens (tertiary/aromatic N) is 1. The van der Waals surface area contributed by atoms with Gasteiger partial charge in [0.1, 0.15) is 0 Å². The molecule has 0 saturated heterocycles. The molecule has 3 heteroatoms. The Hall–Kier alpha value is -1.09. The standard InChI is InChI=1S/C15H22N2S/c1-10(9-15(2,3)4)7-14-17-12-6-5-11(16)8-13(12)18-14/h5-6,8,10H,7,9,16H2,1-4H3. The number of nitrogens with two attached hydrogens (primary N) is 1. The zero-order valence-corrected chi connectivity index (χ0v) is 12.5. The Morgan fingerprint density at radius 3 is 2.72 bits per heavy atom. The molecule has 0 aliphatic heterocycles. The Balaban J connectivity index is 2.12. The van der Waals surface area contributed by atoms with Crippen molar-refractivity contribution < 1.29 is 0 Å². The lowest BCUT2D eigenvalue weighted by Gasteiger charge is -2.22. The topological polar surface area (TPSA) is 38.9 Å². The first-order chi connectivity index (χ1) is 8.33. The van der Waals surface area contributed by atoms with E-state index in [4.69, 9.17) is 5.73 Å². The molecule has 0 saturated carbocycles. The lowest BCUT2D eigenvalue weighted by Crippen LogP contribution is -2.12. The van der Waals surface area contributed by atoms with Crippen LogP contribution in [-0.4, -0.2) is 4.98 Å². The smallest absolute Gasteiger partial charge is 0.0941 e. The molecular formula is C15H22N2S. The molecule has 2 nitrogen and oxygen atoms in total. The lowest BCUT2D eigenvalue weighted by atomic mass is 9.84. The van der Waals surface area contributed by atoms with Gasteiger partial charge in [0.05, 0.1) is 15.2 Å². The fraction of sp³-hybridized carbons (Fsp3) is 0.533. The van der Waals surface area contributed by atoms with Crippen molar-refractivity contribution in [1.82, 2.24) is 4.98 Å². The molecule has 0 bridgehead atoms. The van der Waals surface area contributed by atoms with Crippen LogP contribution >= 0.6 is 11.3 Å². The van der Waals surface area contributed by atoms with E-state index in [9.17, 15) is 0 Å². The third-order valence-corrected chi connectivity index (χ3v) is 3.98. The maximum Gasteiger partial charge on any atom is 0.0941 e. The van der Waals surface area contributed by atoms with Gasteiger partial charge in [-0.1, -0.05) is 27.7 Å². The van der Waals surface area contributed by atoms with E-state index in [1.165, 1.54) is 16.1 Å². The first kappa shape index (κ1) is 13.3. The molecule has 0 amide bonds. The molecule has 1 heterocycles. The summed E-state index contributed by atoms with van der Waals surface area (Å²) in [4.78, 5) is 4.69. The van der Waals surface area contributed by atoms with Gasteiger partial charge in [-0.3, -0.25) is 0 Å². The number of anilines is 1. The Morgan fingerprint density at radius 2 is 2.06 bits per heavy atom. The molecule has 2 N–H and O–H groups in total. The third kappa shape index (κ3) is 3.45. The van der Waals surface area contributed by atoms with Gasteiger partial charge in [0.15, 0.2) is 0 Å². The minimum Gasteiger partial charge on any atom is -0.399 e. The quantitative estimate of drug-likeness (QED) is 0.827. The highest BCUT2D eigenvalue weighted by atomic mass is 32.1. The minimum absolute atomic E-state index is 0.389. The summed E-state index contributed by atoms with van der Waals surface area (Å²) in [6.45, 7) is 9.19. The Labute approximate surface area is 113 Å². The highest BCUT2D eigenvalue weighted by Crippen LogP contribution is 2.30. The zero-order chi connectivity index (χ0) is 13.3. The lowest BCUT2D eigenvalue weighted by molar-refractivity contribution is 0.306. The van der Waals surface area contributed by atoms with E-state index in [1.807, 2.05) is 18.2 Å². The van der Waals surface area contributed by atoms with Crippen LogP contribution in [0.5, 0.6) is 0 Å². The number of nitrogen functional groups attached to an aromatic ring is 1. The summed E-state index contributed by atoms with van der Waals surface area (Å²) in [5.74, 6) is 0.669. The van der Waals surface area contributed by atoms with Crippen LogP contribution in [0.15, 0.2) is 18.2 Å². The molecule has 18 heavy (non-hydrogen) atoms. The number of hydrogen-bond acceptors (Lipinski definition) is 3. The van der Waals surface area contributed by atoms with Gasteiger partial charge in [-0.25, -0.2) is 4.98 Å². The molecule has 0 aliphatic rings. The van der Waals surface area contributed by atoms with E-state index in [0.717, 1.165) is 17.6 Å². The summed E-state index contributed by atoms with van der Waals surface area (Å²) in [5, 5.41) is 1.23. The molecular weight excluding hydrogens is 240 g/mol. The van der Waals surface area contributed by atoms with E-state index in [-0.39, 0.29) is 0 Å². The second-order valence-corrected chi connectivity index (χ2v) is 7.52. The fourth-order valence-corrected chi connectivity index (χ4v) is 3.67. The van der Waals surface area contributed by atoms with Crippen LogP contribution in [0.4, 0.5) is 5.69 Å². The van der Waals surface area contributed by atoms with E-state index >= 15 is 0 Å². The summed E-state index contributed by atoms with van der Waals surface area (Å²) in [6.07, 6.45) is 2.29. The van der Waals surface area contributed by atoms with Crippen LogP contribution < -0.4 is 5.73 Å². The van der Waals surface area contributed by atoms with Crippen LogP contribution in [-0.2, 0) is 6.42 Å². The molecule has 98 valence electrons. The molecule has 1 unspecified atom stereocenters. The van der Waals surface area contributed by atoms with E-state index in [1.54, 1.807) is 11.3 Å². The predicted molar refractivity (Wildman–Crippen MR) is 81.0 cm³/mol. The Bertz CT molecular complexity index is 537. The highest BCUT2D eigenvalue weighted by Gasteiger charge is 2.17. The molecule has 0 fully saturated rings. The van der Waals surface area contributed by atoms with Gasteiger partial charge >= 0.3 is 0 Å². The van der Waals surface area contributed by atoms with Crippen LogP contribution in [0.2, 0.25) is 0 Å². The summed E-state index contributed by atoms with van der Waals surface area (Å²) in [7, 11) is 0. The second kappa shape index (κ2) is 4.88. The molecule has 1 atom stereocenters. The maximum absolute atomic E-state index is 5.80. The SMILES string of the molecule is CC(Cc1nc2ccc(N)cc2s1)CC(C)(C)C. The number of rotatable bonds is 3. The number of aromatic nitrogens is 1. The third-order valence-electron chi connectivity index (χ3n) is 2.94. The van der Waals surface area contributed by atoms with Gasteiger partial charge in [0, 0.05) is 12.1 Å². The average molecular weight is 262 g/mol. The average Bonchev–Trinajstić information content (AvgIpc) is 2.55. The normalized spacial score (nSPS) is 14.0. The van der Waals surface area contributed by atoms with Crippen molar-refractivity contribution in [2.75, 3.05) is 5.73 Å². The molecule has 2 rings (SSSR count). The van der Waals surface area contributed by atoms with Gasteiger partial charge in [0.25, 0.3) is 0 Å². The van der Waals surface area contributed by atoms with Crippen LogP contribution in [0.3, 0.4) is 0 Å². The molecule has 0 radical (unpaired) electrons. The molecule has 2 aromatic rings. The van der Waals surface area contributed by atoms with E-state index in [0.29, 0.717) is 11.3 Å². The van der Waals surface area contributed by atoms with Crippen molar-refractivity contribution in [3.05, 3.63) is 23.2 Å². The van der Waals surface area contributed by atoms with E-state index in [2.05, 4.69) is 32.7 Å². The van der Waals surface area contributed by atoms with E-state index < -0.39 is 0 Å². The minimum atomic E-state index is 0.389. The van der Waals surface area contributed by atoms with Gasteiger partial charge in [-0.05, 0) is 36.0 Å². The van der Waals surface area contributed by atoms with Crippen molar-refractivity contribution in [2.45, 2.75) is 40.5 Å². The predicted octanol–water partition coefficient (Wildman–Crippen LogP) is 4.49. The molecule has 0 aliphatic carbocycles. The molecule has 1 aromatic heterocycles. The molecule has 0 spiro atoms. The Kier molecular flexibility index (Phi) is 3.62. The summed E-state index contributed by atoms with van der Waals surface area (Å²) in [6, 6.07) is 5.95. The van der Waals surface area contributed by atoms with Crippen LogP contribution in [0.25, 0.3) is 10.2 Å². The monoisotopic (exact) mass is 262 g/mol. The Morgan fingerprint density at radius 1 is 1.33 bits per heavy atom. The van der Waals surface area contributed by atoms with Gasteiger partial charge in [-0.2, -0.15) is 0 Å². The fourth-order valence-electron chi connectivity index (χ4n) is 2.49. The first-order valence-electron chi connectivity index (χ1n) is 6.48. The van der Waals surface area contributed by atoms with Gasteiger partial charge in [0.2, 0.25) is 0 Å². The largest absolute Gasteiger partial charge is 0.399 e. The first-order valence-corrected chi connectivity index (χ1v) is 7.30. The number of hydrogen-bond donors (Lipinski definition) is 1. The van der Waals surface area contributed by atoms with Gasteiger partial charge < -0.3 is 5.73 Å². The van der Waals surface area contributed by atoms with Crippen molar-refractivity contribution in [3.8, 4) is 0 Å². The summed E-state index contributed by atoms with van der Waals surface area (Å²) < 4.78 is 1.20. The number of thiazole rings is 1. The zero-order valence-electron chi connectivity index (χ0n) is 11.7. The van der Waals surface area contributed by atoms with Crippen molar-refractivity contribution in [3.63, 3.8) is 0 Å². The van der Waals surface area contributed by atoms with Crippen LogP contribution in [0, 0.1) is 11.3 Å². The van der Waals surface area contributed by atoms with Crippen LogP contribution in [0.1, 0.15) is 39.1 Å². The highest BCUT2D eigenvalue weighted by molar-refractivity contribution is 7.18. The second-order valence-electron chi connectivity index (χ2n) is 6.41. The summed E-state index contributed by atoms with van der Waals surface area (Å²) >= 11 is 1.77. The number of fused-ring (bicyclic) bond motifs is 1. The summed E-state index contributed by atoms with van der Waals surface area (Å²) in [5.41, 5.74) is 8.08. The van der Waals surface area contributed by atoms with Crippen molar-refractivity contribution >= 4 is 27.2 Å². The maximum atomic E-state index is 5.80. The van der Waals surface area contributed by atoms with Gasteiger partial charge in [-0.15, -0.1) is 11.3 Å².